The summed E-state index contributed by atoms with van der Waals surface area (Å²) in [4.78, 5) is 23.0. The number of aromatic nitrogens is 4. The van der Waals surface area contributed by atoms with Crippen molar-refractivity contribution in [3.63, 3.8) is 0 Å². The van der Waals surface area contributed by atoms with Crippen LogP contribution in [0.4, 0.5) is 19.0 Å². The summed E-state index contributed by atoms with van der Waals surface area (Å²) in [6, 6.07) is 1.38. The van der Waals surface area contributed by atoms with Crippen LogP contribution in [0.5, 0.6) is 0 Å². The Hall–Kier alpha value is -2.85. The fraction of sp³-hybridized carbons (Fsp3) is 0.429. The highest BCUT2D eigenvalue weighted by Crippen LogP contribution is 2.31. The molecule has 2 aromatic heterocycles. The highest BCUT2D eigenvalue weighted by molar-refractivity contribution is 5.95. The Labute approximate surface area is 140 Å². The summed E-state index contributed by atoms with van der Waals surface area (Å²) in [5, 5.41) is 18.5. The molecule has 0 radical (unpaired) electrons. The quantitative estimate of drug-likeness (QED) is 0.848. The summed E-state index contributed by atoms with van der Waals surface area (Å²) < 4.78 is 40.6. The number of halogens is 3. The van der Waals surface area contributed by atoms with Gasteiger partial charge in [-0.15, -0.1) is 0 Å². The summed E-state index contributed by atoms with van der Waals surface area (Å²) >= 11 is 0. The van der Waals surface area contributed by atoms with E-state index in [1.54, 1.807) is 0 Å². The van der Waals surface area contributed by atoms with Crippen LogP contribution in [0.25, 0.3) is 0 Å². The van der Waals surface area contributed by atoms with Gasteiger partial charge in [0, 0.05) is 18.5 Å². The number of carboxylic acid groups (broad SMARTS) is 1. The van der Waals surface area contributed by atoms with Gasteiger partial charge in [-0.05, 0) is 26.3 Å². The largest absolute Gasteiger partial charge is 0.480 e. The van der Waals surface area contributed by atoms with Crippen LogP contribution in [0.2, 0.25) is 0 Å². The van der Waals surface area contributed by atoms with Crippen LogP contribution in [-0.2, 0) is 27.8 Å². The maximum Gasteiger partial charge on any atom is 0.435 e. The van der Waals surface area contributed by atoms with E-state index in [4.69, 9.17) is 5.11 Å². The van der Waals surface area contributed by atoms with Gasteiger partial charge in [0.1, 0.15) is 12.1 Å². The van der Waals surface area contributed by atoms with E-state index in [1.807, 2.05) is 0 Å². The number of aryl methyl sites for hydroxylation is 1. The van der Waals surface area contributed by atoms with Gasteiger partial charge in [0.25, 0.3) is 5.91 Å². The van der Waals surface area contributed by atoms with Crippen molar-refractivity contribution in [2.24, 2.45) is 0 Å². The average molecular weight is 359 g/mol. The molecule has 0 fully saturated rings. The van der Waals surface area contributed by atoms with Crippen molar-refractivity contribution in [3.8, 4) is 0 Å². The lowest BCUT2D eigenvalue weighted by atomic mass is 10.1. The highest BCUT2D eigenvalue weighted by atomic mass is 19.4. The van der Waals surface area contributed by atoms with E-state index < -0.39 is 29.3 Å². The molecule has 0 saturated carbocycles. The SMILES string of the molecule is Cc1cn(C(C)(C)C(=O)Nc2ccn(CC(=O)O)n2)nc1C(F)(F)F. The van der Waals surface area contributed by atoms with Crippen molar-refractivity contribution in [1.82, 2.24) is 19.6 Å². The molecule has 8 nitrogen and oxygen atoms in total. The number of hydrogen-bond acceptors (Lipinski definition) is 4. The summed E-state index contributed by atoms with van der Waals surface area (Å²) in [5.41, 5.74) is -2.58. The lowest BCUT2D eigenvalue weighted by Gasteiger charge is -2.23. The molecular formula is C14H16F3N5O3. The predicted octanol–water partition coefficient (Wildman–Crippen LogP) is 1.87. The molecule has 0 aliphatic heterocycles. The first-order valence-corrected chi connectivity index (χ1v) is 7.12. The van der Waals surface area contributed by atoms with E-state index in [0.717, 1.165) is 15.6 Å². The zero-order valence-electron chi connectivity index (χ0n) is 13.6. The number of aliphatic carboxylic acids is 1. The van der Waals surface area contributed by atoms with Crippen molar-refractivity contribution in [2.75, 3.05) is 5.32 Å². The fourth-order valence-electron chi connectivity index (χ4n) is 2.05. The zero-order chi connectivity index (χ0) is 19.0. The minimum atomic E-state index is -4.61. The second-order valence-electron chi connectivity index (χ2n) is 5.91. The number of nitrogens with one attached hydrogen (secondary N) is 1. The molecule has 1 amide bonds. The van der Waals surface area contributed by atoms with Crippen LogP contribution in [0, 0.1) is 6.92 Å². The fourth-order valence-corrected chi connectivity index (χ4v) is 2.05. The third kappa shape index (κ3) is 3.98. The number of anilines is 1. The van der Waals surface area contributed by atoms with Gasteiger partial charge in [-0.3, -0.25) is 19.0 Å². The van der Waals surface area contributed by atoms with Gasteiger partial charge >= 0.3 is 12.1 Å². The number of hydrogen-bond donors (Lipinski definition) is 2. The van der Waals surface area contributed by atoms with Crippen LogP contribution in [-0.4, -0.2) is 36.5 Å². The van der Waals surface area contributed by atoms with Crippen LogP contribution in [0.15, 0.2) is 18.5 Å². The topological polar surface area (TPSA) is 102 Å². The molecule has 0 spiro atoms. The maximum atomic E-state index is 12.9. The molecule has 2 rings (SSSR count). The van der Waals surface area contributed by atoms with Crippen molar-refractivity contribution < 1.29 is 27.9 Å². The van der Waals surface area contributed by atoms with Crippen molar-refractivity contribution in [2.45, 2.75) is 39.0 Å². The Morgan fingerprint density at radius 2 is 1.92 bits per heavy atom. The summed E-state index contributed by atoms with van der Waals surface area (Å²) in [6.07, 6.45) is -2.11. The van der Waals surface area contributed by atoms with Crippen LogP contribution in [0.1, 0.15) is 25.1 Å². The third-order valence-electron chi connectivity index (χ3n) is 3.47. The van der Waals surface area contributed by atoms with E-state index >= 15 is 0 Å². The van der Waals surface area contributed by atoms with Gasteiger partial charge in [0.15, 0.2) is 11.5 Å². The number of amides is 1. The monoisotopic (exact) mass is 359 g/mol. The number of alkyl halides is 3. The van der Waals surface area contributed by atoms with Gasteiger partial charge < -0.3 is 10.4 Å². The normalized spacial score (nSPS) is 12.2. The first-order chi connectivity index (χ1) is 11.4. The molecule has 0 aliphatic rings. The second-order valence-corrected chi connectivity index (χ2v) is 5.91. The molecule has 2 N–H and O–H groups in total. The molecule has 2 heterocycles. The lowest BCUT2D eigenvalue weighted by molar-refractivity contribution is -0.142. The Balaban J connectivity index is 2.20. The average Bonchev–Trinajstić information content (AvgIpc) is 3.04. The number of carboxylic acids is 1. The molecule has 11 heteroatoms. The smallest absolute Gasteiger partial charge is 0.435 e. The molecule has 0 bridgehead atoms. The van der Waals surface area contributed by atoms with Gasteiger partial charge in [-0.2, -0.15) is 23.4 Å². The standard InChI is InChI=1S/C14H16F3N5O3/c1-8-6-22(20-11(8)14(15,16)17)13(2,3)12(25)18-9-4-5-21(19-9)7-10(23)24/h4-6H,7H2,1-3H3,(H,23,24)(H,18,19,25). The van der Waals surface area contributed by atoms with Gasteiger partial charge in [-0.1, -0.05) is 0 Å². The summed E-state index contributed by atoms with van der Waals surface area (Å²) in [7, 11) is 0. The first-order valence-electron chi connectivity index (χ1n) is 7.12. The zero-order valence-corrected chi connectivity index (χ0v) is 13.6. The van der Waals surface area contributed by atoms with E-state index in [-0.39, 0.29) is 17.9 Å². The first kappa shape index (κ1) is 18.5. The number of carbonyl (C=O) groups excluding carboxylic acids is 1. The minimum Gasteiger partial charge on any atom is -0.480 e. The van der Waals surface area contributed by atoms with Crippen molar-refractivity contribution in [1.29, 1.82) is 0 Å². The van der Waals surface area contributed by atoms with Gasteiger partial charge in [0.2, 0.25) is 0 Å². The number of rotatable bonds is 5. The Morgan fingerprint density at radius 3 is 2.44 bits per heavy atom. The predicted molar refractivity (Wildman–Crippen MR) is 79.8 cm³/mol. The molecule has 25 heavy (non-hydrogen) atoms. The number of carbonyl (C=O) groups is 2. The molecule has 0 aromatic carbocycles. The molecule has 0 aliphatic carbocycles. The molecule has 136 valence electrons. The van der Waals surface area contributed by atoms with E-state index in [0.29, 0.717) is 0 Å². The molecule has 0 unspecified atom stereocenters. The van der Waals surface area contributed by atoms with E-state index in [9.17, 15) is 22.8 Å². The van der Waals surface area contributed by atoms with Gasteiger partial charge in [-0.25, -0.2) is 0 Å². The van der Waals surface area contributed by atoms with Crippen molar-refractivity contribution >= 4 is 17.7 Å². The molecule has 0 saturated heterocycles. The van der Waals surface area contributed by atoms with E-state index in [1.165, 1.54) is 33.0 Å². The Morgan fingerprint density at radius 1 is 1.28 bits per heavy atom. The third-order valence-corrected chi connectivity index (χ3v) is 3.47. The van der Waals surface area contributed by atoms with Crippen molar-refractivity contribution in [3.05, 3.63) is 29.7 Å². The molecular weight excluding hydrogens is 343 g/mol. The van der Waals surface area contributed by atoms with Gasteiger partial charge in [0.05, 0.1) is 0 Å². The second kappa shape index (κ2) is 6.22. The maximum absolute atomic E-state index is 12.9. The van der Waals surface area contributed by atoms with Crippen LogP contribution >= 0.6 is 0 Å². The minimum absolute atomic E-state index is 0.0826. The highest BCUT2D eigenvalue weighted by Gasteiger charge is 2.39. The Kier molecular flexibility index (Phi) is 4.60. The lowest BCUT2D eigenvalue weighted by Crippen LogP contribution is -2.41. The Bertz CT molecular complexity index is 807. The van der Waals surface area contributed by atoms with Crippen LogP contribution in [0.3, 0.4) is 0 Å². The molecule has 2 aromatic rings. The van der Waals surface area contributed by atoms with E-state index in [2.05, 4.69) is 15.5 Å². The number of nitrogens with zero attached hydrogens (tertiary/aromatic N) is 4. The summed E-state index contributed by atoms with van der Waals surface area (Å²) in [6.45, 7) is 3.69. The van der Waals surface area contributed by atoms with Crippen LogP contribution < -0.4 is 5.32 Å². The molecule has 0 atom stereocenters. The summed E-state index contributed by atoms with van der Waals surface area (Å²) in [5.74, 6) is -1.67.